The maximum absolute atomic E-state index is 10.8. The number of thiocarbonyl (C=S) groups is 1. The third-order valence-corrected chi connectivity index (χ3v) is 6.83. The SMILES string of the molecule is Cc1cccnc1-n1c(C)cc([C@H]2[C@H](c3ccccn3)NC(=S)N2c2cc(Cl)ccc2O)c1C. The van der Waals surface area contributed by atoms with Gasteiger partial charge in [0.25, 0.3) is 0 Å². The molecule has 4 heterocycles. The van der Waals surface area contributed by atoms with Crippen LogP contribution in [0, 0.1) is 20.8 Å². The summed E-state index contributed by atoms with van der Waals surface area (Å²) in [6, 6.07) is 16.5. The normalized spacial score (nSPS) is 17.8. The average Bonchev–Trinajstić information content (AvgIpc) is 3.32. The molecule has 3 aromatic heterocycles. The second-order valence-corrected chi connectivity index (χ2v) is 9.26. The van der Waals surface area contributed by atoms with Crippen LogP contribution in [0.3, 0.4) is 0 Å². The Morgan fingerprint density at radius 3 is 2.53 bits per heavy atom. The van der Waals surface area contributed by atoms with Crippen LogP contribution in [0.5, 0.6) is 5.75 Å². The molecule has 1 aliphatic rings. The van der Waals surface area contributed by atoms with Crippen LogP contribution in [0.4, 0.5) is 5.69 Å². The molecule has 0 aliphatic carbocycles. The molecule has 0 amide bonds. The smallest absolute Gasteiger partial charge is 0.174 e. The van der Waals surface area contributed by atoms with Gasteiger partial charge in [-0.05, 0) is 86.6 Å². The van der Waals surface area contributed by atoms with E-state index < -0.39 is 0 Å². The number of phenols is 1. The van der Waals surface area contributed by atoms with Gasteiger partial charge in [0.2, 0.25) is 0 Å². The van der Waals surface area contributed by atoms with E-state index in [0.717, 1.165) is 34.0 Å². The van der Waals surface area contributed by atoms with Crippen molar-refractivity contribution in [1.29, 1.82) is 0 Å². The van der Waals surface area contributed by atoms with Crippen LogP contribution in [0.25, 0.3) is 5.82 Å². The molecule has 1 aliphatic heterocycles. The molecular weight excluding hydrogens is 466 g/mol. The summed E-state index contributed by atoms with van der Waals surface area (Å²) in [5, 5.41) is 15.2. The van der Waals surface area contributed by atoms with E-state index in [2.05, 4.69) is 52.8 Å². The van der Waals surface area contributed by atoms with Crippen LogP contribution < -0.4 is 10.2 Å². The first kappa shape index (κ1) is 22.4. The second kappa shape index (κ2) is 8.74. The number of nitrogens with zero attached hydrogens (tertiary/aromatic N) is 4. The first-order valence-corrected chi connectivity index (χ1v) is 11.8. The fourth-order valence-electron chi connectivity index (χ4n) is 4.74. The number of hydrogen-bond donors (Lipinski definition) is 2. The molecule has 0 spiro atoms. The number of pyridine rings is 2. The summed E-state index contributed by atoms with van der Waals surface area (Å²) < 4.78 is 2.16. The van der Waals surface area contributed by atoms with Crippen molar-refractivity contribution in [2.45, 2.75) is 32.9 Å². The molecular formula is C26H24ClN5OS. The van der Waals surface area contributed by atoms with E-state index in [9.17, 15) is 5.11 Å². The van der Waals surface area contributed by atoms with Crippen LogP contribution in [0.1, 0.15) is 40.3 Å². The highest BCUT2D eigenvalue weighted by molar-refractivity contribution is 7.80. The van der Waals surface area contributed by atoms with E-state index in [4.69, 9.17) is 23.8 Å². The quantitative estimate of drug-likeness (QED) is 0.357. The number of hydrogen-bond acceptors (Lipinski definition) is 4. The molecule has 5 rings (SSSR count). The fraction of sp³-hybridized carbons (Fsp3) is 0.192. The topological polar surface area (TPSA) is 66.2 Å². The van der Waals surface area contributed by atoms with Gasteiger partial charge < -0.3 is 19.9 Å². The zero-order valence-electron chi connectivity index (χ0n) is 19.0. The van der Waals surface area contributed by atoms with Crippen LogP contribution in [0.2, 0.25) is 5.02 Å². The Labute approximate surface area is 208 Å². The highest BCUT2D eigenvalue weighted by Crippen LogP contribution is 2.46. The predicted octanol–water partition coefficient (Wildman–Crippen LogP) is 5.73. The van der Waals surface area contributed by atoms with E-state index in [0.29, 0.717) is 15.8 Å². The van der Waals surface area contributed by atoms with Crippen LogP contribution in [-0.4, -0.2) is 24.8 Å². The first-order chi connectivity index (χ1) is 16.4. The van der Waals surface area contributed by atoms with E-state index in [-0.39, 0.29) is 17.8 Å². The van der Waals surface area contributed by atoms with E-state index in [1.54, 1.807) is 30.6 Å². The van der Waals surface area contributed by atoms with Gasteiger partial charge in [-0.3, -0.25) is 4.98 Å². The summed E-state index contributed by atoms with van der Waals surface area (Å²) in [7, 11) is 0. The summed E-state index contributed by atoms with van der Waals surface area (Å²) in [5.74, 6) is 0.999. The highest BCUT2D eigenvalue weighted by Gasteiger charge is 2.43. The molecule has 1 fully saturated rings. The number of phenolic OH excluding ortho intramolecular Hbond substituents is 1. The van der Waals surface area contributed by atoms with Crippen molar-refractivity contribution in [3.63, 3.8) is 0 Å². The number of benzene rings is 1. The van der Waals surface area contributed by atoms with E-state index in [1.165, 1.54) is 0 Å². The maximum Gasteiger partial charge on any atom is 0.174 e. The van der Waals surface area contributed by atoms with Gasteiger partial charge in [0.15, 0.2) is 5.11 Å². The minimum absolute atomic E-state index is 0.106. The van der Waals surface area contributed by atoms with Crippen molar-refractivity contribution in [2.24, 2.45) is 0 Å². The summed E-state index contributed by atoms with van der Waals surface area (Å²) in [6.07, 6.45) is 3.58. The summed E-state index contributed by atoms with van der Waals surface area (Å²) in [5.41, 5.74) is 5.65. The molecule has 4 aromatic rings. The lowest BCUT2D eigenvalue weighted by molar-refractivity contribution is 0.472. The number of aryl methyl sites for hydroxylation is 2. The minimum Gasteiger partial charge on any atom is -0.506 e. The van der Waals surface area contributed by atoms with Gasteiger partial charge >= 0.3 is 0 Å². The Balaban J connectivity index is 1.72. The van der Waals surface area contributed by atoms with Crippen molar-refractivity contribution in [1.82, 2.24) is 19.9 Å². The molecule has 0 bridgehead atoms. The Bertz CT molecular complexity index is 1390. The number of rotatable bonds is 4. The number of anilines is 1. The van der Waals surface area contributed by atoms with Gasteiger partial charge in [-0.25, -0.2) is 4.98 Å². The van der Waals surface area contributed by atoms with Gasteiger partial charge in [0, 0.05) is 28.8 Å². The zero-order chi connectivity index (χ0) is 24.0. The van der Waals surface area contributed by atoms with E-state index in [1.807, 2.05) is 29.2 Å². The van der Waals surface area contributed by atoms with Crippen molar-refractivity contribution >= 4 is 34.6 Å². The molecule has 1 aromatic carbocycles. The fourth-order valence-corrected chi connectivity index (χ4v) is 5.25. The molecule has 34 heavy (non-hydrogen) atoms. The monoisotopic (exact) mass is 489 g/mol. The van der Waals surface area contributed by atoms with Crippen LogP contribution in [-0.2, 0) is 0 Å². The van der Waals surface area contributed by atoms with Crippen molar-refractivity contribution in [2.75, 3.05) is 4.90 Å². The van der Waals surface area contributed by atoms with Gasteiger partial charge in [0.1, 0.15) is 11.6 Å². The third-order valence-electron chi connectivity index (χ3n) is 6.28. The standard InChI is InChI=1S/C26H24ClN5OS/c1-15-7-6-12-29-25(15)31-16(2)13-19(17(31)3)24-23(20-8-4-5-11-28-20)30-26(34)32(24)21-14-18(27)9-10-22(21)33/h4-14,23-24,33H,1-3H3,(H,30,34)/t23-,24-/m0/s1. The predicted molar refractivity (Wildman–Crippen MR) is 139 cm³/mol. The van der Waals surface area contributed by atoms with Gasteiger partial charge in [-0.2, -0.15) is 0 Å². The van der Waals surface area contributed by atoms with E-state index >= 15 is 0 Å². The molecule has 0 saturated carbocycles. The van der Waals surface area contributed by atoms with Crippen LogP contribution in [0.15, 0.2) is 67.0 Å². The summed E-state index contributed by atoms with van der Waals surface area (Å²) in [4.78, 5) is 11.2. The maximum atomic E-state index is 10.8. The van der Waals surface area contributed by atoms with Gasteiger partial charge in [-0.15, -0.1) is 0 Å². The Morgan fingerprint density at radius 1 is 1.00 bits per heavy atom. The van der Waals surface area contributed by atoms with Crippen molar-refractivity contribution in [3.05, 3.63) is 100 Å². The van der Waals surface area contributed by atoms with Crippen molar-refractivity contribution in [3.8, 4) is 11.6 Å². The molecule has 0 unspecified atom stereocenters. The highest BCUT2D eigenvalue weighted by atomic mass is 35.5. The van der Waals surface area contributed by atoms with Crippen LogP contribution >= 0.6 is 23.8 Å². The van der Waals surface area contributed by atoms with Gasteiger partial charge in [0.05, 0.1) is 23.5 Å². The summed E-state index contributed by atoms with van der Waals surface area (Å²) in [6.45, 7) is 6.21. The molecule has 1 saturated heterocycles. The largest absolute Gasteiger partial charge is 0.506 e. The third kappa shape index (κ3) is 3.71. The molecule has 6 nitrogen and oxygen atoms in total. The molecule has 2 atom stereocenters. The number of nitrogens with one attached hydrogen (secondary N) is 1. The lowest BCUT2D eigenvalue weighted by Crippen LogP contribution is -2.29. The van der Waals surface area contributed by atoms with Gasteiger partial charge in [-0.1, -0.05) is 23.7 Å². The molecule has 0 radical (unpaired) electrons. The minimum atomic E-state index is -0.268. The van der Waals surface area contributed by atoms with Crippen molar-refractivity contribution < 1.29 is 5.11 Å². The molecule has 172 valence electrons. The lowest BCUT2D eigenvalue weighted by Gasteiger charge is -2.28. The number of aromatic nitrogens is 3. The second-order valence-electron chi connectivity index (χ2n) is 8.44. The number of halogens is 1. The molecule has 2 N–H and O–H groups in total. The lowest BCUT2D eigenvalue weighted by atomic mass is 9.96. The zero-order valence-corrected chi connectivity index (χ0v) is 20.6. The summed E-state index contributed by atoms with van der Waals surface area (Å²) >= 11 is 12.1. The Hall–Kier alpha value is -3.42. The Kier molecular flexibility index (Phi) is 5.75. The average molecular weight is 490 g/mol. The first-order valence-electron chi connectivity index (χ1n) is 11.0. The number of aromatic hydroxyl groups is 1. The molecule has 8 heteroatoms. The Morgan fingerprint density at radius 2 is 1.79 bits per heavy atom.